The van der Waals surface area contributed by atoms with Gasteiger partial charge in [0.25, 0.3) is 0 Å². The first-order valence-electron chi connectivity index (χ1n) is 38.5. The first-order valence-corrected chi connectivity index (χ1v) is 41.5. The summed E-state index contributed by atoms with van der Waals surface area (Å²) in [4.78, 5) is 72.5. The maximum atomic E-state index is 13.1. The van der Waals surface area contributed by atoms with Crippen molar-refractivity contribution in [1.82, 2.24) is 0 Å². The lowest BCUT2D eigenvalue weighted by Gasteiger charge is -2.21. The van der Waals surface area contributed by atoms with E-state index in [2.05, 4.69) is 41.5 Å². The zero-order valence-corrected chi connectivity index (χ0v) is 62.3. The SMILES string of the molecule is CCCCCCCCCCCCCCCCCCCCCCCC(=O)O[C@H](COC(=O)CCCCCCCCCCCCCCC(C)C)COP(=O)(O)OC[C@@H](O)COP(=O)(O)OC[C@@H](COC(=O)CCCCCCCCCC)OC(=O)CCCCCCCCC(C)C. The van der Waals surface area contributed by atoms with Crippen molar-refractivity contribution < 1.29 is 80.2 Å². The van der Waals surface area contributed by atoms with Crippen molar-refractivity contribution in [2.75, 3.05) is 39.6 Å². The summed E-state index contributed by atoms with van der Waals surface area (Å²) in [6.07, 6.45) is 53.2. The number of rotatable bonds is 73. The van der Waals surface area contributed by atoms with Gasteiger partial charge in [0.05, 0.1) is 26.4 Å². The number of phosphoric acid groups is 2. The number of phosphoric ester groups is 2. The van der Waals surface area contributed by atoms with E-state index in [4.69, 9.17) is 37.0 Å². The quantitative estimate of drug-likeness (QED) is 0.0222. The third-order valence-electron chi connectivity index (χ3n) is 17.2. The number of hydrogen-bond donors (Lipinski definition) is 3. The molecule has 2 unspecified atom stereocenters. The van der Waals surface area contributed by atoms with Crippen molar-refractivity contribution in [1.29, 1.82) is 0 Å². The monoisotopic (exact) mass is 1370 g/mol. The average Bonchev–Trinajstić information content (AvgIpc) is 2.89. The number of carbonyl (C=O) groups excluding carboxylic acids is 4. The molecule has 0 aromatic carbocycles. The molecule has 0 rings (SSSR count). The zero-order valence-electron chi connectivity index (χ0n) is 60.6. The number of unbranched alkanes of at least 4 members (excludes halogenated alkanes) is 43. The second-order valence-corrected chi connectivity index (χ2v) is 30.5. The third kappa shape index (κ3) is 68.4. The molecule has 552 valence electrons. The molecule has 0 spiro atoms. The molecule has 5 atom stereocenters. The maximum Gasteiger partial charge on any atom is 0.472 e. The maximum absolute atomic E-state index is 13.1. The molecule has 0 aromatic heterocycles. The van der Waals surface area contributed by atoms with Crippen LogP contribution in [0, 0.1) is 11.8 Å². The van der Waals surface area contributed by atoms with Crippen LogP contribution in [-0.2, 0) is 65.4 Å². The number of hydrogen-bond acceptors (Lipinski definition) is 15. The van der Waals surface area contributed by atoms with Crippen molar-refractivity contribution in [3.8, 4) is 0 Å². The normalized spacial score (nSPS) is 14.1. The van der Waals surface area contributed by atoms with Crippen LogP contribution in [0.5, 0.6) is 0 Å². The second-order valence-electron chi connectivity index (χ2n) is 27.6. The van der Waals surface area contributed by atoms with Crippen LogP contribution in [0.4, 0.5) is 0 Å². The molecule has 3 N–H and O–H groups in total. The van der Waals surface area contributed by atoms with Crippen LogP contribution in [0.25, 0.3) is 0 Å². The zero-order chi connectivity index (χ0) is 68.6. The Bertz CT molecular complexity index is 1800. The van der Waals surface area contributed by atoms with E-state index in [0.29, 0.717) is 31.6 Å². The average molecular weight is 1370 g/mol. The Labute approximate surface area is 568 Å². The summed E-state index contributed by atoms with van der Waals surface area (Å²) in [6, 6.07) is 0. The highest BCUT2D eigenvalue weighted by Crippen LogP contribution is 2.45. The van der Waals surface area contributed by atoms with Gasteiger partial charge in [0.2, 0.25) is 0 Å². The van der Waals surface area contributed by atoms with Crippen molar-refractivity contribution in [2.24, 2.45) is 11.8 Å². The summed E-state index contributed by atoms with van der Waals surface area (Å²) >= 11 is 0. The first kappa shape index (κ1) is 91.1. The number of carbonyl (C=O) groups is 4. The Morgan fingerprint density at radius 1 is 0.290 bits per heavy atom. The van der Waals surface area contributed by atoms with Gasteiger partial charge in [-0.05, 0) is 37.5 Å². The highest BCUT2D eigenvalue weighted by atomic mass is 31.2. The number of aliphatic hydroxyl groups is 1. The van der Waals surface area contributed by atoms with E-state index < -0.39 is 97.5 Å². The van der Waals surface area contributed by atoms with E-state index in [1.54, 1.807) is 0 Å². The van der Waals surface area contributed by atoms with Crippen LogP contribution in [-0.4, -0.2) is 96.7 Å². The van der Waals surface area contributed by atoms with Gasteiger partial charge < -0.3 is 33.8 Å². The van der Waals surface area contributed by atoms with Gasteiger partial charge in [-0.15, -0.1) is 0 Å². The smallest absolute Gasteiger partial charge is 0.462 e. The van der Waals surface area contributed by atoms with Crippen molar-refractivity contribution in [3.63, 3.8) is 0 Å². The molecule has 0 amide bonds. The summed E-state index contributed by atoms with van der Waals surface area (Å²) < 4.78 is 68.3. The van der Waals surface area contributed by atoms with Crippen LogP contribution >= 0.6 is 15.6 Å². The second kappa shape index (κ2) is 66.0. The molecule has 0 aliphatic carbocycles. The molecule has 0 bridgehead atoms. The summed E-state index contributed by atoms with van der Waals surface area (Å²) in [7, 11) is -9.90. The van der Waals surface area contributed by atoms with E-state index in [-0.39, 0.29) is 25.7 Å². The Morgan fingerprint density at radius 2 is 0.495 bits per heavy atom. The summed E-state index contributed by atoms with van der Waals surface area (Å²) in [5.41, 5.74) is 0. The minimum Gasteiger partial charge on any atom is -0.462 e. The lowest BCUT2D eigenvalue weighted by atomic mass is 10.0. The van der Waals surface area contributed by atoms with Gasteiger partial charge >= 0.3 is 39.5 Å². The van der Waals surface area contributed by atoms with Crippen LogP contribution < -0.4 is 0 Å². The van der Waals surface area contributed by atoms with Crippen LogP contribution in [0.15, 0.2) is 0 Å². The van der Waals surface area contributed by atoms with Gasteiger partial charge in [-0.1, -0.05) is 330 Å². The number of esters is 4. The molecule has 0 radical (unpaired) electrons. The van der Waals surface area contributed by atoms with Gasteiger partial charge in [0.15, 0.2) is 12.2 Å². The molecule has 17 nitrogen and oxygen atoms in total. The van der Waals surface area contributed by atoms with Crippen molar-refractivity contribution in [2.45, 2.75) is 400 Å². The Morgan fingerprint density at radius 3 is 0.731 bits per heavy atom. The lowest BCUT2D eigenvalue weighted by Crippen LogP contribution is -2.30. The molecule has 0 aliphatic rings. The van der Waals surface area contributed by atoms with E-state index >= 15 is 0 Å². The van der Waals surface area contributed by atoms with Crippen molar-refractivity contribution >= 4 is 39.5 Å². The number of aliphatic hydroxyl groups excluding tert-OH is 1. The predicted molar refractivity (Wildman–Crippen MR) is 377 cm³/mol. The third-order valence-corrected chi connectivity index (χ3v) is 19.1. The Hall–Kier alpha value is -1.94. The van der Waals surface area contributed by atoms with E-state index in [1.165, 1.54) is 193 Å². The Balaban J connectivity index is 5.16. The van der Waals surface area contributed by atoms with Gasteiger partial charge in [-0.3, -0.25) is 37.3 Å². The van der Waals surface area contributed by atoms with E-state index in [0.717, 1.165) is 102 Å². The fourth-order valence-corrected chi connectivity index (χ4v) is 12.9. The van der Waals surface area contributed by atoms with Crippen LogP contribution in [0.1, 0.15) is 382 Å². The van der Waals surface area contributed by atoms with Crippen LogP contribution in [0.3, 0.4) is 0 Å². The van der Waals surface area contributed by atoms with Gasteiger partial charge in [-0.25, -0.2) is 9.13 Å². The van der Waals surface area contributed by atoms with E-state index in [1.807, 2.05) is 0 Å². The lowest BCUT2D eigenvalue weighted by molar-refractivity contribution is -0.161. The molecule has 0 heterocycles. The van der Waals surface area contributed by atoms with Gasteiger partial charge in [0, 0.05) is 25.7 Å². The highest BCUT2D eigenvalue weighted by molar-refractivity contribution is 7.47. The molecule has 0 saturated carbocycles. The first-order chi connectivity index (χ1) is 44.9. The fraction of sp³-hybridized carbons (Fsp3) is 0.946. The minimum absolute atomic E-state index is 0.102. The van der Waals surface area contributed by atoms with Gasteiger partial charge in [-0.2, -0.15) is 0 Å². The largest absolute Gasteiger partial charge is 0.472 e. The highest BCUT2D eigenvalue weighted by Gasteiger charge is 2.30. The van der Waals surface area contributed by atoms with E-state index in [9.17, 15) is 43.2 Å². The summed E-state index contributed by atoms with van der Waals surface area (Å²) in [5, 5.41) is 10.6. The Kier molecular flexibility index (Phi) is 64.6. The minimum atomic E-state index is -4.95. The molecule has 0 saturated heterocycles. The number of ether oxygens (including phenoxy) is 4. The molecular formula is C74H144O17P2. The topological polar surface area (TPSA) is 237 Å². The molecule has 93 heavy (non-hydrogen) atoms. The molecular weight excluding hydrogens is 1220 g/mol. The molecule has 0 aromatic rings. The summed E-state index contributed by atoms with van der Waals surface area (Å²) in [6.45, 7) is 9.46. The standard InChI is InChI=1S/C74H144O17P2/c1-7-9-11-13-15-17-18-19-20-21-22-23-24-25-26-27-32-35-39-46-52-58-73(78)90-69(62-85-72(77)57-51-45-38-34-31-29-28-30-33-36-42-48-54-66(3)4)64-88-92(80,81)86-60-68(75)61-87-93(82,83)89-65-70(63-84-71(76)56-50-44-37-16-14-12-10-8-2)91-74(79)59-53-47-41-40-43-49-55-67(5)6/h66-70,75H,7-65H2,1-6H3,(H,80,81)(H,82,83)/t68-,69-,70-/m1/s1. The molecule has 0 fully saturated rings. The fourth-order valence-electron chi connectivity index (χ4n) is 11.3. The molecule has 19 heteroatoms. The van der Waals surface area contributed by atoms with Gasteiger partial charge in [0.1, 0.15) is 19.3 Å². The van der Waals surface area contributed by atoms with Crippen molar-refractivity contribution in [3.05, 3.63) is 0 Å². The van der Waals surface area contributed by atoms with Crippen LogP contribution in [0.2, 0.25) is 0 Å². The predicted octanol–water partition coefficient (Wildman–Crippen LogP) is 21.6. The molecule has 0 aliphatic heterocycles. The summed E-state index contributed by atoms with van der Waals surface area (Å²) in [5.74, 6) is -0.676.